The maximum atomic E-state index is 12.7. The lowest BCUT2D eigenvalue weighted by Crippen LogP contribution is -2.24. The normalized spacial score (nSPS) is 10.4. The van der Waals surface area contributed by atoms with Crippen LogP contribution in [0.25, 0.3) is 32.7 Å². The molecule has 5 heterocycles. The number of carbonyl (C=O) groups excluding carboxylic acids is 4. The summed E-state index contributed by atoms with van der Waals surface area (Å²) in [6, 6.07) is 28.3. The summed E-state index contributed by atoms with van der Waals surface area (Å²) in [5.41, 5.74) is 17.2. The number of ether oxygens (including phenoxy) is 3. The number of anilines is 1. The number of nitrogens with two attached hydrogens (primary N) is 1. The van der Waals surface area contributed by atoms with Gasteiger partial charge in [0.05, 0.1) is 49.0 Å². The van der Waals surface area contributed by atoms with Gasteiger partial charge in [0.25, 0.3) is 5.91 Å². The first-order valence-corrected chi connectivity index (χ1v) is 22.9. The highest BCUT2D eigenvalue weighted by Gasteiger charge is 2.40. The number of hydrogen-bond acceptors (Lipinski definition) is 15. The number of nitrogen functional groups attached to an aromatic ring is 1. The van der Waals surface area contributed by atoms with Crippen molar-refractivity contribution in [3.8, 4) is 0 Å². The van der Waals surface area contributed by atoms with E-state index < -0.39 is 23.7 Å². The van der Waals surface area contributed by atoms with Gasteiger partial charge in [-0.05, 0) is 163 Å². The van der Waals surface area contributed by atoms with Gasteiger partial charge in [0.15, 0.2) is 0 Å². The molecule has 0 bridgehead atoms. The minimum absolute atomic E-state index is 0.141. The second-order valence-corrected chi connectivity index (χ2v) is 16.8. The largest absolute Gasteiger partial charge is 0.490 e. The molecule has 0 aliphatic carbocycles. The van der Waals surface area contributed by atoms with Crippen molar-refractivity contribution in [2.45, 2.75) is 46.8 Å². The van der Waals surface area contributed by atoms with Crippen molar-refractivity contribution in [2.24, 2.45) is 0 Å². The molecule has 0 fully saturated rings. The van der Waals surface area contributed by atoms with Gasteiger partial charge in [-0.25, -0.2) is 19.4 Å². The van der Waals surface area contributed by atoms with Crippen molar-refractivity contribution >= 4 is 96.5 Å². The van der Waals surface area contributed by atoms with Crippen molar-refractivity contribution < 1.29 is 55.0 Å². The van der Waals surface area contributed by atoms with Gasteiger partial charge < -0.3 is 25.3 Å². The van der Waals surface area contributed by atoms with Crippen LogP contribution in [0.3, 0.4) is 0 Å². The molecule has 0 atom stereocenters. The molecule has 0 unspecified atom stereocenters. The summed E-state index contributed by atoms with van der Waals surface area (Å²) < 4.78 is 63.2. The zero-order valence-electron chi connectivity index (χ0n) is 39.8. The molecule has 0 saturated heterocycles. The quantitative estimate of drug-likeness (QED) is 0.0861. The number of aryl methyl sites for hydroxylation is 4. The molecule has 1 amide bonds. The molecule has 5 aromatic heterocycles. The van der Waals surface area contributed by atoms with Gasteiger partial charge in [0.2, 0.25) is 0 Å². The number of alkyl halides is 3. The Kier molecular flexibility index (Phi) is 21.3. The molecular formula is C51H47F3IN7O9S. The van der Waals surface area contributed by atoms with Gasteiger partial charge in [-0.1, -0.05) is 6.07 Å². The standard InChI is InChI=1S/C25H25N5O.C12H11NO2.C11H8INO2.C3H3F3O2.O2S/c1-15-8-20-10-18(4-5-23(20)28-13-15)11-21-12-19(6-7-27-21)25(31)29-14-22-16(2)9-24(26)30-17(22)3;1-8-5-10-6-9(12(14)15-2)3-4-11(10)13-7-8;1-15-11(14)7-2-3-10-8(4-7)5-9(12)6-13-10;1-8-2(7)3(4,5)6;1-3-2/h4-10,12-13H,11,14H2,1-3H3,(H2,26,30)(H,29,31);3-7H,1-2H3;2-6H,1H3;1H3;. The summed E-state index contributed by atoms with van der Waals surface area (Å²) >= 11 is 1.44. The number of carbonyl (C=O) groups is 4. The molecule has 3 N–H and O–H groups in total. The molecule has 72 heavy (non-hydrogen) atoms. The molecule has 374 valence electrons. The van der Waals surface area contributed by atoms with E-state index in [2.05, 4.69) is 85.2 Å². The first-order valence-electron chi connectivity index (χ1n) is 21.2. The molecule has 0 radical (unpaired) electrons. The van der Waals surface area contributed by atoms with Crippen LogP contribution in [0.4, 0.5) is 19.0 Å². The second kappa shape index (κ2) is 27.0. The van der Waals surface area contributed by atoms with E-state index in [1.807, 2.05) is 76.4 Å². The summed E-state index contributed by atoms with van der Waals surface area (Å²) in [4.78, 5) is 66.5. The first-order chi connectivity index (χ1) is 34.2. The first kappa shape index (κ1) is 56.8. The summed E-state index contributed by atoms with van der Waals surface area (Å²) in [7, 11) is 3.43. The maximum absolute atomic E-state index is 12.7. The average Bonchev–Trinajstić information content (AvgIpc) is 3.35. The Morgan fingerprint density at radius 3 is 1.67 bits per heavy atom. The summed E-state index contributed by atoms with van der Waals surface area (Å²) in [5.74, 6) is -2.47. The highest BCUT2D eigenvalue weighted by Crippen LogP contribution is 2.21. The zero-order valence-corrected chi connectivity index (χ0v) is 42.8. The van der Waals surface area contributed by atoms with Crippen LogP contribution >= 0.6 is 22.6 Å². The van der Waals surface area contributed by atoms with Crippen LogP contribution in [0, 0.1) is 31.3 Å². The highest BCUT2D eigenvalue weighted by molar-refractivity contribution is 14.1. The lowest BCUT2D eigenvalue weighted by molar-refractivity contribution is -0.196. The molecule has 3 aromatic carbocycles. The third-order valence-electron chi connectivity index (χ3n) is 10.1. The van der Waals surface area contributed by atoms with Crippen LogP contribution < -0.4 is 11.1 Å². The number of fused-ring (bicyclic) bond motifs is 3. The summed E-state index contributed by atoms with van der Waals surface area (Å²) in [6.07, 6.45) is 2.94. The topological polar surface area (TPSA) is 233 Å². The molecule has 0 spiro atoms. The molecule has 21 heteroatoms. The SMILES string of the molecule is COC(=O)C(F)(F)F.COC(=O)c1ccc2ncc(C)cc2c1.COC(=O)c1ccc2ncc(I)cc2c1.Cc1cnc2ccc(Cc3cc(C(=O)NCc4c(C)cc(N)nc4C)ccn3)cc2c1.O=S=O. The van der Waals surface area contributed by atoms with E-state index in [-0.39, 0.29) is 17.8 Å². The van der Waals surface area contributed by atoms with Crippen LogP contribution in [-0.2, 0) is 43.5 Å². The Balaban J connectivity index is 0.000000229. The van der Waals surface area contributed by atoms with E-state index in [1.165, 1.54) is 14.2 Å². The monoisotopic (exact) mass is 1120 g/mol. The summed E-state index contributed by atoms with van der Waals surface area (Å²) in [6.45, 7) is 8.27. The fraction of sp³-hybridized carbons (Fsp3) is 0.196. The van der Waals surface area contributed by atoms with Gasteiger partial charge in [0, 0.05) is 74.4 Å². The molecule has 0 aliphatic heterocycles. The van der Waals surface area contributed by atoms with Crippen LogP contribution in [0.5, 0.6) is 0 Å². The van der Waals surface area contributed by atoms with E-state index in [0.717, 1.165) is 75.5 Å². The van der Waals surface area contributed by atoms with Crippen molar-refractivity contribution in [1.82, 2.24) is 30.2 Å². The van der Waals surface area contributed by atoms with E-state index in [1.54, 1.807) is 48.9 Å². The molecule has 8 aromatic rings. The number of methoxy groups -OCH3 is 3. The maximum Gasteiger partial charge on any atom is 0.490 e. The third-order valence-corrected chi connectivity index (χ3v) is 10.7. The van der Waals surface area contributed by atoms with E-state index in [4.69, 9.17) is 14.2 Å². The van der Waals surface area contributed by atoms with Crippen LogP contribution in [0.15, 0.2) is 116 Å². The van der Waals surface area contributed by atoms with Crippen molar-refractivity contribution in [3.05, 3.63) is 175 Å². The van der Waals surface area contributed by atoms with Gasteiger partial charge in [-0.15, -0.1) is 0 Å². The van der Waals surface area contributed by atoms with E-state index in [0.29, 0.717) is 42.6 Å². The number of rotatable bonds is 7. The van der Waals surface area contributed by atoms with Gasteiger partial charge >= 0.3 is 35.7 Å². The number of aromatic nitrogens is 5. The number of esters is 3. The lowest BCUT2D eigenvalue weighted by Gasteiger charge is -2.12. The minimum Gasteiger partial charge on any atom is -0.465 e. The van der Waals surface area contributed by atoms with Crippen molar-refractivity contribution in [3.63, 3.8) is 0 Å². The Morgan fingerprint density at radius 2 is 1.17 bits per heavy atom. The van der Waals surface area contributed by atoms with Crippen LogP contribution in [-0.4, -0.2) is 84.7 Å². The number of nitrogens with one attached hydrogen (secondary N) is 1. The molecule has 0 aliphatic rings. The number of amides is 1. The van der Waals surface area contributed by atoms with Crippen LogP contribution in [0.2, 0.25) is 0 Å². The number of hydrogen-bond donors (Lipinski definition) is 2. The fourth-order valence-electron chi connectivity index (χ4n) is 6.70. The molecule has 16 nitrogen and oxygen atoms in total. The lowest BCUT2D eigenvalue weighted by atomic mass is 10.0. The summed E-state index contributed by atoms with van der Waals surface area (Å²) in [5, 5.41) is 5.99. The Bertz CT molecular complexity index is 3160. The molecule has 0 saturated carbocycles. The number of halogens is 4. The van der Waals surface area contributed by atoms with E-state index in [9.17, 15) is 32.3 Å². The van der Waals surface area contributed by atoms with Gasteiger partial charge in [-0.3, -0.25) is 24.7 Å². The molecular weight excluding hydrogens is 1070 g/mol. The zero-order chi connectivity index (χ0) is 53.1. The van der Waals surface area contributed by atoms with E-state index >= 15 is 0 Å². The second-order valence-electron chi connectivity index (χ2n) is 15.4. The number of benzene rings is 3. The van der Waals surface area contributed by atoms with Crippen molar-refractivity contribution in [1.29, 1.82) is 0 Å². The van der Waals surface area contributed by atoms with Gasteiger partial charge in [-0.2, -0.15) is 21.6 Å². The average molecular weight is 1120 g/mol. The number of pyridine rings is 5. The third kappa shape index (κ3) is 17.0. The minimum atomic E-state index is -4.85. The Labute approximate surface area is 428 Å². The van der Waals surface area contributed by atoms with Crippen LogP contribution in [0.1, 0.15) is 70.3 Å². The number of nitrogens with zero attached hydrogens (tertiary/aromatic N) is 5. The smallest absolute Gasteiger partial charge is 0.465 e. The highest BCUT2D eigenvalue weighted by atomic mass is 127. The Morgan fingerprint density at radius 1 is 0.653 bits per heavy atom. The van der Waals surface area contributed by atoms with Crippen molar-refractivity contribution in [2.75, 3.05) is 27.1 Å². The fourth-order valence-corrected chi connectivity index (χ4v) is 7.18. The predicted molar refractivity (Wildman–Crippen MR) is 273 cm³/mol. The van der Waals surface area contributed by atoms with Gasteiger partial charge in [0.1, 0.15) is 5.82 Å². The predicted octanol–water partition coefficient (Wildman–Crippen LogP) is 9.06. The molecule has 8 rings (SSSR count). The Hall–Kier alpha value is -7.79.